The Bertz CT molecular complexity index is 1050. The molecule has 0 unspecified atom stereocenters. The summed E-state index contributed by atoms with van der Waals surface area (Å²) in [6, 6.07) is 9.49. The van der Waals surface area contributed by atoms with E-state index in [1.165, 1.54) is 28.8 Å². The van der Waals surface area contributed by atoms with E-state index in [0.717, 1.165) is 19.5 Å². The molecule has 4 aliphatic heterocycles. The zero-order valence-electron chi connectivity index (χ0n) is 20.1. The predicted octanol–water partition coefficient (Wildman–Crippen LogP) is 5.03. The van der Waals surface area contributed by atoms with Gasteiger partial charge in [0, 0.05) is 36.0 Å². The van der Waals surface area contributed by atoms with E-state index in [4.69, 9.17) is 4.43 Å². The van der Waals surface area contributed by atoms with Gasteiger partial charge in [0.05, 0.1) is 12.6 Å². The molecular formula is C27H36N2O2Si. The van der Waals surface area contributed by atoms with Crippen molar-refractivity contribution in [3.05, 3.63) is 53.1 Å². The average Bonchev–Trinajstić information content (AvgIpc) is 3.28. The summed E-state index contributed by atoms with van der Waals surface area (Å²) in [5.41, 5.74) is 5.71. The number of para-hydroxylation sites is 1. The van der Waals surface area contributed by atoms with Crippen molar-refractivity contribution in [2.24, 2.45) is 5.92 Å². The molecule has 1 aromatic carbocycles. The van der Waals surface area contributed by atoms with Crippen LogP contribution in [0, 0.1) is 5.92 Å². The lowest BCUT2D eigenvalue weighted by molar-refractivity contribution is -0.118. The summed E-state index contributed by atoms with van der Waals surface area (Å²) in [5, 5.41) is 0.227. The molecule has 1 aliphatic carbocycles. The van der Waals surface area contributed by atoms with Crippen LogP contribution in [0.15, 0.2) is 47.6 Å². The zero-order valence-corrected chi connectivity index (χ0v) is 21.1. The summed E-state index contributed by atoms with van der Waals surface area (Å²) in [7, 11) is -1.76. The first kappa shape index (κ1) is 20.9. The number of hydrogen-bond acceptors (Lipinski definition) is 3. The quantitative estimate of drug-likeness (QED) is 0.480. The average molecular weight is 449 g/mol. The number of nitrogens with zero attached hydrogens (tertiary/aromatic N) is 2. The molecule has 0 aromatic heterocycles. The summed E-state index contributed by atoms with van der Waals surface area (Å²) in [4.78, 5) is 18.1. The summed E-state index contributed by atoms with van der Waals surface area (Å²) in [6.07, 6.45) is 7.57. The largest absolute Gasteiger partial charge is 0.413 e. The highest BCUT2D eigenvalue weighted by Crippen LogP contribution is 2.63. The minimum atomic E-state index is -1.76. The van der Waals surface area contributed by atoms with Gasteiger partial charge in [0.2, 0.25) is 5.91 Å². The minimum Gasteiger partial charge on any atom is -0.413 e. The van der Waals surface area contributed by atoms with Gasteiger partial charge in [0.25, 0.3) is 0 Å². The van der Waals surface area contributed by atoms with Crippen molar-refractivity contribution in [1.82, 2.24) is 4.90 Å². The third kappa shape index (κ3) is 2.59. The smallest absolute Gasteiger partial charge is 0.231 e. The second-order valence-corrected chi connectivity index (χ2v) is 16.8. The van der Waals surface area contributed by atoms with E-state index in [-0.39, 0.29) is 22.4 Å². The molecule has 5 heteroatoms. The van der Waals surface area contributed by atoms with Crippen LogP contribution >= 0.6 is 0 Å². The van der Waals surface area contributed by atoms with E-state index >= 15 is 0 Å². The van der Waals surface area contributed by atoms with Crippen molar-refractivity contribution >= 4 is 19.9 Å². The van der Waals surface area contributed by atoms with E-state index in [0.29, 0.717) is 25.0 Å². The first-order valence-electron chi connectivity index (χ1n) is 12.3. The van der Waals surface area contributed by atoms with Gasteiger partial charge in [-0.25, -0.2) is 0 Å². The number of fused-ring (bicyclic) bond motifs is 4. The summed E-state index contributed by atoms with van der Waals surface area (Å²) in [6.45, 7) is 14.5. The summed E-state index contributed by atoms with van der Waals surface area (Å²) >= 11 is 0. The maximum absolute atomic E-state index is 13.2. The van der Waals surface area contributed by atoms with Gasteiger partial charge in [-0.1, -0.05) is 56.7 Å². The van der Waals surface area contributed by atoms with Gasteiger partial charge < -0.3 is 9.33 Å². The maximum atomic E-state index is 13.2. The Balaban J connectivity index is 1.38. The van der Waals surface area contributed by atoms with E-state index in [1.54, 1.807) is 0 Å². The number of anilines is 1. The molecule has 5 aliphatic rings. The number of carbonyl (C=O) groups is 1. The van der Waals surface area contributed by atoms with Crippen LogP contribution in [0.2, 0.25) is 18.1 Å². The monoisotopic (exact) mass is 448 g/mol. The van der Waals surface area contributed by atoms with Gasteiger partial charge in [0.15, 0.2) is 8.32 Å². The second-order valence-electron chi connectivity index (χ2n) is 12.0. The second kappa shape index (κ2) is 6.68. The number of piperidine rings is 1. The molecule has 4 nitrogen and oxygen atoms in total. The van der Waals surface area contributed by atoms with Crippen molar-refractivity contribution in [2.75, 3.05) is 24.6 Å². The lowest BCUT2D eigenvalue weighted by atomic mass is 9.57. The summed E-state index contributed by atoms with van der Waals surface area (Å²) < 4.78 is 6.53. The van der Waals surface area contributed by atoms with E-state index in [9.17, 15) is 4.79 Å². The van der Waals surface area contributed by atoms with Crippen LogP contribution in [-0.2, 0) is 14.6 Å². The van der Waals surface area contributed by atoms with Crippen LogP contribution in [0.5, 0.6) is 0 Å². The molecule has 4 atom stereocenters. The van der Waals surface area contributed by atoms with Crippen molar-refractivity contribution in [3.63, 3.8) is 0 Å². The molecule has 170 valence electrons. The van der Waals surface area contributed by atoms with Crippen LogP contribution in [0.4, 0.5) is 5.69 Å². The standard InChI is InChI=1S/C27H36N2O2Si/c1-26(2,3)32(4,5)31-15-12-18-17-28-14-13-27-21-8-6-7-9-22(21)29-24(30)11-10-19(25(27)29)20(18)16-23(27)28/h6-10,12,20,23,25H,11,13-17H2,1-5H3/b18-12-/t20-,23-,25-,27+/m0/s1. The van der Waals surface area contributed by atoms with Crippen molar-refractivity contribution in [1.29, 1.82) is 0 Å². The molecular weight excluding hydrogens is 412 g/mol. The number of rotatable bonds is 3. The topological polar surface area (TPSA) is 32.8 Å². The summed E-state index contributed by atoms with van der Waals surface area (Å²) in [5.74, 6) is 0.730. The molecule has 32 heavy (non-hydrogen) atoms. The van der Waals surface area contributed by atoms with Crippen LogP contribution in [-0.4, -0.2) is 50.9 Å². The molecule has 1 saturated carbocycles. The fourth-order valence-electron chi connectivity index (χ4n) is 7.08. The van der Waals surface area contributed by atoms with Gasteiger partial charge in [-0.3, -0.25) is 9.69 Å². The molecule has 6 rings (SSSR count). The third-order valence-corrected chi connectivity index (χ3v) is 14.1. The normalized spacial score (nSPS) is 34.6. The number of amides is 1. The Labute approximate surface area is 193 Å². The number of hydrogen-bond donors (Lipinski definition) is 0. The van der Waals surface area contributed by atoms with Crippen molar-refractivity contribution in [2.45, 2.75) is 75.7 Å². The van der Waals surface area contributed by atoms with E-state index in [1.807, 2.05) is 0 Å². The van der Waals surface area contributed by atoms with E-state index in [2.05, 4.69) is 80.1 Å². The van der Waals surface area contributed by atoms with Gasteiger partial charge in [-0.05, 0) is 54.7 Å². The zero-order chi connectivity index (χ0) is 22.5. The number of carbonyl (C=O) groups excluding carboxylic acids is 1. The predicted molar refractivity (Wildman–Crippen MR) is 131 cm³/mol. The Morgan fingerprint density at radius 2 is 2.03 bits per heavy atom. The van der Waals surface area contributed by atoms with Crippen LogP contribution < -0.4 is 4.90 Å². The van der Waals surface area contributed by atoms with Crippen LogP contribution in [0.1, 0.15) is 45.6 Å². The molecule has 1 spiro atoms. The lowest BCUT2D eigenvalue weighted by Crippen LogP contribution is -2.62. The molecule has 1 aromatic rings. The fraction of sp³-hybridized carbons (Fsp3) is 0.593. The Kier molecular flexibility index (Phi) is 4.36. The van der Waals surface area contributed by atoms with Crippen molar-refractivity contribution < 1.29 is 9.22 Å². The lowest BCUT2D eigenvalue weighted by Gasteiger charge is -2.54. The van der Waals surface area contributed by atoms with Crippen molar-refractivity contribution in [3.8, 4) is 0 Å². The molecule has 0 radical (unpaired) electrons. The minimum absolute atomic E-state index is 0.0815. The molecule has 1 amide bonds. The molecule has 2 bridgehead atoms. The highest BCUT2D eigenvalue weighted by Gasteiger charge is 2.67. The maximum Gasteiger partial charge on any atom is 0.231 e. The van der Waals surface area contributed by atoms with Crippen LogP contribution in [0.25, 0.3) is 0 Å². The van der Waals surface area contributed by atoms with Gasteiger partial charge in [0.1, 0.15) is 0 Å². The van der Waals surface area contributed by atoms with Crippen LogP contribution in [0.3, 0.4) is 0 Å². The van der Waals surface area contributed by atoms with Gasteiger partial charge in [-0.2, -0.15) is 0 Å². The Morgan fingerprint density at radius 1 is 1.25 bits per heavy atom. The molecule has 3 fully saturated rings. The third-order valence-electron chi connectivity index (χ3n) is 9.65. The van der Waals surface area contributed by atoms with Gasteiger partial charge >= 0.3 is 0 Å². The first-order chi connectivity index (χ1) is 15.1. The number of benzene rings is 1. The SMILES string of the molecule is CC(C)(C)[Si](C)(C)OC/C=C1/CN2CC[C@@]34c5ccccc5N5C(=O)CC=C([C@H]1C[C@H]23)[C@H]54. The van der Waals surface area contributed by atoms with E-state index < -0.39 is 8.32 Å². The molecule has 0 N–H and O–H groups in total. The first-order valence-corrected chi connectivity index (χ1v) is 15.2. The molecule has 2 saturated heterocycles. The Hall–Kier alpha value is -1.69. The molecule has 4 heterocycles. The highest BCUT2D eigenvalue weighted by molar-refractivity contribution is 6.74. The fourth-order valence-corrected chi connectivity index (χ4v) is 8.01. The highest BCUT2D eigenvalue weighted by atomic mass is 28.4. The Morgan fingerprint density at radius 3 is 2.81 bits per heavy atom. The van der Waals surface area contributed by atoms with Gasteiger partial charge in [-0.15, -0.1) is 0 Å².